The van der Waals surface area contributed by atoms with E-state index >= 15 is 0 Å². The SMILES string of the molecule is Cc1cccc(N2C[C@@H](C(=O)OCN3C(=O)c4ccccc4C3=O)CC2=O)c1. The summed E-state index contributed by atoms with van der Waals surface area (Å²) in [7, 11) is 0. The molecule has 0 saturated carbocycles. The number of aryl methyl sites for hydroxylation is 1. The minimum atomic E-state index is -0.636. The summed E-state index contributed by atoms with van der Waals surface area (Å²) in [5, 5.41) is 0. The van der Waals surface area contributed by atoms with Gasteiger partial charge in [-0.3, -0.25) is 19.2 Å². The van der Waals surface area contributed by atoms with Gasteiger partial charge in [0.15, 0.2) is 6.73 Å². The second-order valence-corrected chi connectivity index (χ2v) is 6.92. The van der Waals surface area contributed by atoms with Crippen LogP contribution < -0.4 is 4.90 Å². The van der Waals surface area contributed by atoms with Gasteiger partial charge in [-0.1, -0.05) is 24.3 Å². The molecule has 0 radical (unpaired) electrons. The van der Waals surface area contributed by atoms with Crippen LogP contribution in [0.4, 0.5) is 5.69 Å². The fourth-order valence-electron chi connectivity index (χ4n) is 3.51. The Bertz CT molecular complexity index is 965. The molecule has 0 aromatic heterocycles. The number of ether oxygens (including phenoxy) is 1. The molecule has 7 heteroatoms. The number of anilines is 1. The number of nitrogens with zero attached hydrogens (tertiary/aromatic N) is 2. The molecule has 0 bridgehead atoms. The molecule has 0 aliphatic carbocycles. The van der Waals surface area contributed by atoms with E-state index in [4.69, 9.17) is 4.74 Å². The largest absolute Gasteiger partial charge is 0.443 e. The molecule has 2 aromatic carbocycles. The predicted octanol–water partition coefficient (Wildman–Crippen LogP) is 2.14. The fraction of sp³-hybridized carbons (Fsp3) is 0.238. The summed E-state index contributed by atoms with van der Waals surface area (Å²) in [5.74, 6) is -2.37. The number of benzene rings is 2. The van der Waals surface area contributed by atoms with Crippen molar-refractivity contribution in [2.24, 2.45) is 5.92 Å². The van der Waals surface area contributed by atoms with Crippen LogP contribution in [0.15, 0.2) is 48.5 Å². The quantitative estimate of drug-likeness (QED) is 0.601. The van der Waals surface area contributed by atoms with Gasteiger partial charge in [0.25, 0.3) is 11.8 Å². The molecule has 0 unspecified atom stereocenters. The predicted molar refractivity (Wildman–Crippen MR) is 99.5 cm³/mol. The van der Waals surface area contributed by atoms with E-state index in [2.05, 4.69) is 0 Å². The van der Waals surface area contributed by atoms with Gasteiger partial charge in [0.05, 0.1) is 17.0 Å². The van der Waals surface area contributed by atoms with Gasteiger partial charge in [0.1, 0.15) is 0 Å². The molecule has 1 fully saturated rings. The third-order valence-corrected chi connectivity index (χ3v) is 4.99. The third kappa shape index (κ3) is 3.05. The Morgan fingerprint density at radius 3 is 2.36 bits per heavy atom. The maximum absolute atomic E-state index is 12.4. The maximum atomic E-state index is 12.4. The minimum Gasteiger partial charge on any atom is -0.443 e. The number of carbonyl (C=O) groups is 4. The average Bonchev–Trinajstić information content (AvgIpc) is 3.19. The van der Waals surface area contributed by atoms with Gasteiger partial charge in [-0.25, -0.2) is 4.90 Å². The van der Waals surface area contributed by atoms with Crippen LogP contribution in [0.2, 0.25) is 0 Å². The summed E-state index contributed by atoms with van der Waals surface area (Å²) in [5.41, 5.74) is 2.35. The van der Waals surface area contributed by atoms with E-state index in [1.54, 1.807) is 29.2 Å². The van der Waals surface area contributed by atoms with E-state index in [0.717, 1.165) is 16.2 Å². The fourth-order valence-corrected chi connectivity index (χ4v) is 3.51. The second-order valence-electron chi connectivity index (χ2n) is 6.92. The highest BCUT2D eigenvalue weighted by Gasteiger charge is 2.39. The van der Waals surface area contributed by atoms with Gasteiger partial charge in [-0.05, 0) is 36.8 Å². The van der Waals surface area contributed by atoms with Gasteiger partial charge >= 0.3 is 5.97 Å². The maximum Gasteiger partial charge on any atom is 0.313 e. The Hall–Kier alpha value is -3.48. The van der Waals surface area contributed by atoms with Crippen molar-refractivity contribution in [2.45, 2.75) is 13.3 Å². The van der Waals surface area contributed by atoms with Gasteiger partial charge in [-0.2, -0.15) is 0 Å². The number of esters is 1. The molecule has 4 rings (SSSR count). The summed E-state index contributed by atoms with van der Waals surface area (Å²) in [4.78, 5) is 51.8. The van der Waals surface area contributed by atoms with Crippen molar-refractivity contribution in [1.82, 2.24) is 4.90 Å². The number of hydrogen-bond acceptors (Lipinski definition) is 5. The molecule has 2 aliphatic heterocycles. The highest BCUT2D eigenvalue weighted by molar-refractivity contribution is 6.21. The Balaban J connectivity index is 1.40. The van der Waals surface area contributed by atoms with Crippen LogP contribution in [0.5, 0.6) is 0 Å². The molecule has 2 heterocycles. The van der Waals surface area contributed by atoms with Crippen molar-refractivity contribution in [3.05, 3.63) is 65.2 Å². The van der Waals surface area contributed by atoms with Crippen LogP contribution in [0.1, 0.15) is 32.7 Å². The number of imide groups is 1. The van der Waals surface area contributed by atoms with Crippen molar-refractivity contribution in [3.63, 3.8) is 0 Å². The number of amides is 3. The molecule has 0 spiro atoms. The number of carbonyl (C=O) groups excluding carboxylic acids is 4. The van der Waals surface area contributed by atoms with E-state index in [1.165, 1.54) is 0 Å². The number of hydrogen-bond donors (Lipinski definition) is 0. The smallest absolute Gasteiger partial charge is 0.313 e. The molecule has 142 valence electrons. The van der Waals surface area contributed by atoms with Crippen molar-refractivity contribution < 1.29 is 23.9 Å². The first-order valence-corrected chi connectivity index (χ1v) is 8.94. The summed E-state index contributed by atoms with van der Waals surface area (Å²) in [6, 6.07) is 13.9. The van der Waals surface area contributed by atoms with Crippen molar-refractivity contribution in [3.8, 4) is 0 Å². The van der Waals surface area contributed by atoms with Gasteiger partial charge in [0, 0.05) is 18.7 Å². The van der Waals surface area contributed by atoms with E-state index in [1.807, 2.05) is 31.2 Å². The Morgan fingerprint density at radius 1 is 1.04 bits per heavy atom. The molecule has 2 aliphatic rings. The zero-order valence-electron chi connectivity index (χ0n) is 15.3. The highest BCUT2D eigenvalue weighted by atomic mass is 16.5. The van der Waals surface area contributed by atoms with Gasteiger partial charge in [0.2, 0.25) is 5.91 Å². The summed E-state index contributed by atoms with van der Waals surface area (Å²) in [6.07, 6.45) is 0.0366. The normalized spacial score (nSPS) is 18.6. The molecule has 7 nitrogen and oxygen atoms in total. The van der Waals surface area contributed by atoms with Gasteiger partial charge in [-0.15, -0.1) is 0 Å². The first-order chi connectivity index (χ1) is 13.5. The molecular weight excluding hydrogens is 360 g/mol. The first-order valence-electron chi connectivity index (χ1n) is 8.94. The van der Waals surface area contributed by atoms with E-state index in [0.29, 0.717) is 11.1 Å². The molecule has 1 atom stereocenters. The second kappa shape index (κ2) is 6.92. The topological polar surface area (TPSA) is 84.0 Å². The van der Waals surface area contributed by atoms with E-state index in [-0.39, 0.29) is 18.9 Å². The monoisotopic (exact) mass is 378 g/mol. The Morgan fingerprint density at radius 2 is 1.71 bits per heavy atom. The molecular formula is C21H18N2O5. The summed E-state index contributed by atoms with van der Waals surface area (Å²) < 4.78 is 5.20. The van der Waals surface area contributed by atoms with Crippen LogP contribution >= 0.6 is 0 Å². The lowest BCUT2D eigenvalue weighted by Crippen LogP contribution is -2.35. The highest BCUT2D eigenvalue weighted by Crippen LogP contribution is 2.27. The lowest BCUT2D eigenvalue weighted by atomic mass is 10.1. The van der Waals surface area contributed by atoms with E-state index < -0.39 is 30.4 Å². The lowest BCUT2D eigenvalue weighted by molar-refractivity contribution is -0.151. The van der Waals surface area contributed by atoms with Crippen LogP contribution in [-0.4, -0.2) is 41.9 Å². The van der Waals surface area contributed by atoms with Crippen LogP contribution in [0.3, 0.4) is 0 Å². The molecule has 2 aromatic rings. The van der Waals surface area contributed by atoms with Crippen molar-refractivity contribution in [2.75, 3.05) is 18.2 Å². The number of fused-ring (bicyclic) bond motifs is 1. The first kappa shape index (κ1) is 17.9. The Kier molecular flexibility index (Phi) is 4.43. The van der Waals surface area contributed by atoms with Crippen LogP contribution in [0, 0.1) is 12.8 Å². The van der Waals surface area contributed by atoms with Crippen molar-refractivity contribution in [1.29, 1.82) is 0 Å². The molecule has 0 N–H and O–H groups in total. The van der Waals surface area contributed by atoms with Crippen LogP contribution in [-0.2, 0) is 14.3 Å². The Labute approximate surface area is 161 Å². The van der Waals surface area contributed by atoms with Crippen molar-refractivity contribution >= 4 is 29.4 Å². The standard InChI is InChI=1S/C21H18N2O5/c1-13-5-4-6-15(9-13)22-11-14(10-18(22)24)21(27)28-12-23-19(25)16-7-2-3-8-17(16)20(23)26/h2-9,14H,10-12H2,1H3/t14-/m0/s1. The zero-order chi connectivity index (χ0) is 19.8. The van der Waals surface area contributed by atoms with Crippen LogP contribution in [0.25, 0.3) is 0 Å². The minimum absolute atomic E-state index is 0.0366. The summed E-state index contributed by atoms with van der Waals surface area (Å²) in [6.45, 7) is 1.68. The molecule has 3 amide bonds. The molecule has 1 saturated heterocycles. The molecule has 28 heavy (non-hydrogen) atoms. The number of rotatable bonds is 4. The average molecular weight is 378 g/mol. The third-order valence-electron chi connectivity index (χ3n) is 4.99. The zero-order valence-corrected chi connectivity index (χ0v) is 15.3. The summed E-state index contributed by atoms with van der Waals surface area (Å²) >= 11 is 0. The lowest BCUT2D eigenvalue weighted by Gasteiger charge is -2.18. The van der Waals surface area contributed by atoms with E-state index in [9.17, 15) is 19.2 Å². The van der Waals surface area contributed by atoms with Gasteiger partial charge < -0.3 is 9.64 Å².